The number of nitrogens with zero attached hydrogens (tertiary/aromatic N) is 2. The Labute approximate surface area is 291 Å². The van der Waals surface area contributed by atoms with Crippen LogP contribution in [0.3, 0.4) is 0 Å². The van der Waals surface area contributed by atoms with Crippen LogP contribution in [0.5, 0.6) is 0 Å². The van der Waals surface area contributed by atoms with Crippen LogP contribution >= 0.6 is 0 Å². The predicted molar refractivity (Wildman–Crippen MR) is 193 cm³/mol. The number of amides is 3. The van der Waals surface area contributed by atoms with Gasteiger partial charge in [0.25, 0.3) is 0 Å². The van der Waals surface area contributed by atoms with Crippen LogP contribution in [-0.2, 0) is 19.2 Å². The molecule has 0 aliphatic carbocycles. The highest BCUT2D eigenvalue weighted by Crippen LogP contribution is 2.41. The molecule has 50 heavy (non-hydrogen) atoms. The largest absolute Gasteiger partial charge is 0.387 e. The van der Waals surface area contributed by atoms with Crippen molar-refractivity contribution in [3.05, 3.63) is 173 Å². The van der Waals surface area contributed by atoms with Crippen molar-refractivity contribution in [3.63, 3.8) is 0 Å². The molecule has 3 amide bonds. The number of rotatable bonds is 10. The maximum absolute atomic E-state index is 14.3. The lowest BCUT2D eigenvalue weighted by molar-refractivity contribution is -0.138. The fraction of sp³-hybridized carbons (Fsp3) is 0.190. The van der Waals surface area contributed by atoms with Crippen molar-refractivity contribution in [2.45, 2.75) is 42.7 Å². The highest BCUT2D eigenvalue weighted by molar-refractivity contribution is 6.03. The second-order valence-electron chi connectivity index (χ2n) is 13.0. The Morgan fingerprint density at radius 3 is 1.84 bits per heavy atom. The van der Waals surface area contributed by atoms with Gasteiger partial charge in [-0.25, -0.2) is 0 Å². The number of benzene rings is 5. The molecule has 250 valence electrons. The zero-order chi connectivity index (χ0) is 34.5. The fourth-order valence-electron chi connectivity index (χ4n) is 7.21. The van der Waals surface area contributed by atoms with Gasteiger partial charge in [-0.05, 0) is 34.4 Å². The summed E-state index contributed by atoms with van der Waals surface area (Å²) in [5.74, 6) is -1.61. The van der Waals surface area contributed by atoms with Gasteiger partial charge in [0.15, 0.2) is 5.60 Å². The summed E-state index contributed by atoms with van der Waals surface area (Å²) >= 11 is 0. The number of carbonyl (C=O) groups excluding carboxylic acids is 3. The van der Waals surface area contributed by atoms with Crippen molar-refractivity contribution in [2.75, 3.05) is 11.9 Å². The van der Waals surface area contributed by atoms with Crippen LogP contribution in [0.1, 0.15) is 58.9 Å². The van der Waals surface area contributed by atoms with Crippen molar-refractivity contribution >= 4 is 29.1 Å². The van der Waals surface area contributed by atoms with Gasteiger partial charge in [-0.15, -0.1) is 0 Å². The topological polar surface area (TPSA) is 114 Å². The van der Waals surface area contributed by atoms with Crippen LogP contribution in [0.4, 0.5) is 5.69 Å². The minimum absolute atomic E-state index is 0.0948. The van der Waals surface area contributed by atoms with E-state index in [1.54, 1.807) is 4.90 Å². The average Bonchev–Trinajstić information content (AvgIpc) is 3.76. The summed E-state index contributed by atoms with van der Waals surface area (Å²) < 4.78 is 0. The fourth-order valence-corrected chi connectivity index (χ4v) is 7.21. The summed E-state index contributed by atoms with van der Waals surface area (Å²) in [6.45, 7) is 0.166. The summed E-state index contributed by atoms with van der Waals surface area (Å²) in [6.07, 6.45) is 0.883. The molecule has 0 bridgehead atoms. The molecule has 1 spiro atoms. The Balaban J connectivity index is 1.07. The van der Waals surface area contributed by atoms with Gasteiger partial charge in [0.1, 0.15) is 6.04 Å². The molecule has 2 aliphatic rings. The molecule has 0 saturated carbocycles. The van der Waals surface area contributed by atoms with E-state index in [1.165, 1.54) is 0 Å². The predicted octanol–water partition coefficient (Wildman–Crippen LogP) is 6.63. The van der Waals surface area contributed by atoms with Crippen molar-refractivity contribution in [1.29, 1.82) is 0 Å². The van der Waals surface area contributed by atoms with Crippen LogP contribution in [0, 0.1) is 0 Å². The monoisotopic (exact) mass is 662 g/mol. The molecular formula is C42H38N4O4. The second-order valence-corrected chi connectivity index (χ2v) is 13.0. The molecule has 3 N–H and O–H groups in total. The molecule has 5 aromatic rings. The lowest BCUT2D eigenvalue weighted by atomic mass is 9.88. The number of carbonyl (C=O) groups is 3. The number of hydrogen-bond donors (Lipinski definition) is 2. The first kappa shape index (κ1) is 32.5. The van der Waals surface area contributed by atoms with Crippen molar-refractivity contribution in [2.24, 2.45) is 10.9 Å². The Morgan fingerprint density at radius 2 is 1.30 bits per heavy atom. The maximum atomic E-state index is 14.3. The Bertz CT molecular complexity index is 1920. The van der Waals surface area contributed by atoms with Gasteiger partial charge >= 0.3 is 0 Å². The van der Waals surface area contributed by atoms with Crippen LogP contribution in [-0.4, -0.2) is 46.5 Å². The molecule has 1 fully saturated rings. The summed E-state index contributed by atoms with van der Waals surface area (Å²) in [4.78, 5) is 48.2. The summed E-state index contributed by atoms with van der Waals surface area (Å²) in [7, 11) is 0. The van der Waals surface area contributed by atoms with E-state index < -0.39 is 23.5 Å². The van der Waals surface area contributed by atoms with Gasteiger partial charge in [-0.1, -0.05) is 139 Å². The summed E-state index contributed by atoms with van der Waals surface area (Å²) in [5.41, 5.74) is 10.9. The Hall–Kier alpha value is -6.02. The van der Waals surface area contributed by atoms with E-state index >= 15 is 0 Å². The first-order valence-corrected chi connectivity index (χ1v) is 16.8. The smallest absolute Gasteiger partial charge is 0.240 e. The van der Waals surface area contributed by atoms with Gasteiger partial charge in [0.2, 0.25) is 17.7 Å². The van der Waals surface area contributed by atoms with Gasteiger partial charge in [-0.2, -0.15) is 0 Å². The molecule has 0 aromatic heterocycles. The Morgan fingerprint density at radius 1 is 0.760 bits per heavy atom. The molecule has 1 saturated heterocycles. The molecule has 7 rings (SSSR count). The first-order chi connectivity index (χ1) is 24.4. The minimum atomic E-state index is -0.902. The number of likely N-dealkylation sites (tertiary alicyclic amines) is 1. The van der Waals surface area contributed by atoms with Crippen LogP contribution in [0.2, 0.25) is 0 Å². The lowest BCUT2D eigenvalue weighted by Crippen LogP contribution is -2.46. The number of oxime groups is 1. The third-order valence-corrected chi connectivity index (χ3v) is 9.64. The van der Waals surface area contributed by atoms with E-state index in [0.29, 0.717) is 17.8 Å². The first-order valence-electron chi connectivity index (χ1n) is 16.8. The molecule has 2 atom stereocenters. The molecule has 2 heterocycles. The molecule has 5 aromatic carbocycles. The maximum Gasteiger partial charge on any atom is 0.240 e. The van der Waals surface area contributed by atoms with Crippen molar-refractivity contribution in [1.82, 2.24) is 4.90 Å². The number of nitrogens with two attached hydrogens (primary N) is 1. The lowest BCUT2D eigenvalue weighted by Gasteiger charge is -2.28. The van der Waals surface area contributed by atoms with Crippen LogP contribution in [0.15, 0.2) is 151 Å². The van der Waals surface area contributed by atoms with E-state index in [2.05, 4.69) is 10.5 Å². The van der Waals surface area contributed by atoms with Gasteiger partial charge < -0.3 is 20.8 Å². The normalized spacial score (nSPS) is 18.2. The second kappa shape index (κ2) is 14.2. The summed E-state index contributed by atoms with van der Waals surface area (Å²) in [5, 5.41) is 7.53. The van der Waals surface area contributed by atoms with Crippen LogP contribution in [0.25, 0.3) is 0 Å². The van der Waals surface area contributed by atoms with E-state index in [4.69, 9.17) is 10.6 Å². The third-order valence-electron chi connectivity index (χ3n) is 9.64. The number of nitrogens with one attached hydrogen (secondary N) is 1. The van der Waals surface area contributed by atoms with E-state index in [-0.39, 0.29) is 37.1 Å². The SMILES string of the molecule is NC(=O)[C@H]1CC2(CC(c3cccc(NC(=O)CC(c4ccccc4)c4ccccc4)c3)=NO2)CN1C(=O)C(c1ccccc1)c1ccccc1. The zero-order valence-corrected chi connectivity index (χ0v) is 27.5. The molecular weight excluding hydrogens is 624 g/mol. The zero-order valence-electron chi connectivity index (χ0n) is 27.5. The molecule has 8 heteroatoms. The molecule has 0 radical (unpaired) electrons. The Kier molecular flexibility index (Phi) is 9.25. The number of anilines is 1. The average molecular weight is 663 g/mol. The highest BCUT2D eigenvalue weighted by Gasteiger charge is 2.54. The molecule has 8 nitrogen and oxygen atoms in total. The van der Waals surface area contributed by atoms with E-state index in [9.17, 15) is 14.4 Å². The number of primary amides is 1. The van der Waals surface area contributed by atoms with Crippen molar-refractivity contribution < 1.29 is 19.2 Å². The van der Waals surface area contributed by atoms with Gasteiger partial charge in [0, 0.05) is 36.4 Å². The highest BCUT2D eigenvalue weighted by atomic mass is 16.7. The third kappa shape index (κ3) is 6.91. The number of hydrogen-bond acceptors (Lipinski definition) is 5. The summed E-state index contributed by atoms with van der Waals surface area (Å²) in [6, 6.07) is 45.8. The minimum Gasteiger partial charge on any atom is -0.387 e. The quantitative estimate of drug-likeness (QED) is 0.175. The molecule has 1 unspecified atom stereocenters. The van der Waals surface area contributed by atoms with Gasteiger partial charge in [0.05, 0.1) is 18.2 Å². The van der Waals surface area contributed by atoms with Gasteiger partial charge in [-0.3, -0.25) is 14.4 Å². The standard InChI is InChI=1S/C42H38N4O4/c43-40(48)37-27-42(28-46(37)41(49)39(31-18-9-3-10-19-31)32-20-11-4-12-21-32)26-36(45-50-42)33-22-13-23-34(24-33)44-38(47)25-35(29-14-5-1-6-15-29)30-16-7-2-8-17-30/h1-24,35,37,39H,25-28H2,(H2,43,48)(H,44,47)/t37-,42?/m1/s1. The molecule has 2 aliphatic heterocycles. The van der Waals surface area contributed by atoms with E-state index in [1.807, 2.05) is 146 Å². The van der Waals surface area contributed by atoms with E-state index in [0.717, 1.165) is 27.8 Å². The van der Waals surface area contributed by atoms with Crippen LogP contribution < -0.4 is 11.1 Å². The van der Waals surface area contributed by atoms with Crippen molar-refractivity contribution in [3.8, 4) is 0 Å².